The van der Waals surface area contributed by atoms with Gasteiger partial charge in [-0.1, -0.05) is 230 Å². The fourth-order valence-electron chi connectivity index (χ4n) is 14.1. The SMILES string of the molecule is COc1c2cc(C(C)(C)C)cc1Cc1cc(C(C)(C)C)cc(c1OC)Cc1cc(C(C)(C)C)cc3c1OCCOCCOc1c(cc(C(C)(C)C)cc1Cc1cc(C(C)(C)C)cc4c1OCCOCCOc1c(cc(C(C)(C)C)cc1C4)C3)Cc1cc(C(C)(C)C)cc(c1OC)C2. The molecule has 97 heavy (non-hydrogen) atoms. The van der Waals surface area contributed by atoms with Gasteiger partial charge in [-0.05, 0) is 155 Å². The minimum Gasteiger partial charge on any atom is -0.496 e. The summed E-state index contributed by atoms with van der Waals surface area (Å²) in [6.45, 7) is 51.5. The molecule has 9 nitrogen and oxygen atoms in total. The van der Waals surface area contributed by atoms with Crippen LogP contribution in [0.5, 0.6) is 40.2 Å². The van der Waals surface area contributed by atoms with E-state index in [1.165, 1.54) is 38.9 Å². The van der Waals surface area contributed by atoms with Gasteiger partial charge in [0.15, 0.2) is 0 Å². The van der Waals surface area contributed by atoms with Crippen molar-refractivity contribution in [1.82, 2.24) is 0 Å². The van der Waals surface area contributed by atoms with Gasteiger partial charge in [-0.3, -0.25) is 0 Å². The van der Waals surface area contributed by atoms with E-state index in [4.69, 9.17) is 42.6 Å². The fourth-order valence-corrected chi connectivity index (χ4v) is 14.1. The normalized spacial score (nSPS) is 15.7. The second-order valence-corrected chi connectivity index (χ2v) is 35.1. The smallest absolute Gasteiger partial charge is 0.126 e. The molecule has 0 unspecified atom stereocenters. The van der Waals surface area contributed by atoms with Crippen LogP contribution in [0.1, 0.15) is 262 Å². The molecular weight excluding hydrogens is 1200 g/mol. The Bertz CT molecular complexity index is 3770. The Morgan fingerprint density at radius 1 is 0.206 bits per heavy atom. The number of benzene rings is 7. The van der Waals surface area contributed by atoms with Crippen LogP contribution in [0.3, 0.4) is 0 Å². The van der Waals surface area contributed by atoms with Crippen molar-refractivity contribution in [3.63, 3.8) is 0 Å². The second kappa shape index (κ2) is 28.0. The van der Waals surface area contributed by atoms with Gasteiger partial charge in [0.2, 0.25) is 0 Å². The largest absolute Gasteiger partial charge is 0.496 e. The highest BCUT2D eigenvalue weighted by Crippen LogP contribution is 2.47. The van der Waals surface area contributed by atoms with E-state index >= 15 is 0 Å². The zero-order valence-electron chi connectivity index (χ0n) is 63.9. The Kier molecular flexibility index (Phi) is 21.0. The number of hydrogen-bond donors (Lipinski definition) is 0. The van der Waals surface area contributed by atoms with Crippen LogP contribution >= 0.6 is 0 Å². The van der Waals surface area contributed by atoms with E-state index < -0.39 is 0 Å². The van der Waals surface area contributed by atoms with Crippen molar-refractivity contribution in [1.29, 1.82) is 0 Å². The van der Waals surface area contributed by atoms with Crippen molar-refractivity contribution >= 4 is 0 Å². The first-order chi connectivity index (χ1) is 45.3. The van der Waals surface area contributed by atoms with Crippen LogP contribution in [0.2, 0.25) is 0 Å². The molecule has 14 bridgehead atoms. The quantitative estimate of drug-likeness (QED) is 0.161. The summed E-state index contributed by atoms with van der Waals surface area (Å²) >= 11 is 0. The monoisotopic (exact) mass is 1320 g/mol. The third kappa shape index (κ3) is 16.7. The molecular formula is C88H116O9. The highest BCUT2D eigenvalue weighted by atomic mass is 16.6. The predicted molar refractivity (Wildman–Crippen MR) is 399 cm³/mol. The lowest BCUT2D eigenvalue weighted by Crippen LogP contribution is -2.20. The van der Waals surface area contributed by atoms with Gasteiger partial charge in [-0.25, -0.2) is 0 Å². The molecule has 0 N–H and O–H groups in total. The molecule has 0 radical (unpaired) electrons. The summed E-state index contributed by atoms with van der Waals surface area (Å²) in [7, 11) is 5.50. The number of fused-ring (bicyclic) bond motifs is 12. The van der Waals surface area contributed by atoms with E-state index in [1.54, 1.807) is 0 Å². The topological polar surface area (TPSA) is 83.1 Å². The van der Waals surface area contributed by atoms with Crippen molar-refractivity contribution in [3.05, 3.63) is 202 Å². The van der Waals surface area contributed by atoms with Gasteiger partial charge in [-0.2, -0.15) is 0 Å². The van der Waals surface area contributed by atoms with Gasteiger partial charge >= 0.3 is 0 Å². The van der Waals surface area contributed by atoms with E-state index in [0.29, 0.717) is 97.8 Å². The van der Waals surface area contributed by atoms with Gasteiger partial charge in [0.1, 0.15) is 66.7 Å². The molecule has 0 saturated heterocycles. The Morgan fingerprint density at radius 3 is 0.485 bits per heavy atom. The predicted octanol–water partition coefficient (Wildman–Crippen LogP) is 19.8. The average Bonchev–Trinajstić information content (AvgIpc) is 0.776. The first kappa shape index (κ1) is 72.8. The van der Waals surface area contributed by atoms with Gasteiger partial charge in [-0.15, -0.1) is 0 Å². The lowest BCUT2D eigenvalue weighted by molar-refractivity contribution is 0.0746. The number of methoxy groups -OCH3 is 3. The van der Waals surface area contributed by atoms with Crippen molar-refractivity contribution in [2.24, 2.45) is 0 Å². The van der Waals surface area contributed by atoms with E-state index in [0.717, 1.165) is 118 Å². The van der Waals surface area contributed by atoms with Crippen LogP contribution in [-0.4, -0.2) is 74.2 Å². The van der Waals surface area contributed by atoms with E-state index in [2.05, 4.69) is 230 Å². The molecule has 522 valence electrons. The lowest BCUT2D eigenvalue weighted by atomic mass is 9.79. The highest BCUT2D eigenvalue weighted by molar-refractivity contribution is 5.62. The molecule has 3 aliphatic heterocycles. The minimum absolute atomic E-state index is 0.194. The van der Waals surface area contributed by atoms with E-state index in [-0.39, 0.29) is 37.9 Å². The third-order valence-electron chi connectivity index (χ3n) is 19.9. The fraction of sp³-hybridized carbons (Fsp3) is 0.523. The van der Waals surface area contributed by atoms with Crippen LogP contribution in [0.4, 0.5) is 0 Å². The molecule has 3 heterocycles. The zero-order valence-corrected chi connectivity index (χ0v) is 63.9. The summed E-state index contributed by atoms with van der Waals surface area (Å²) in [6, 6.07) is 33.4. The lowest BCUT2D eigenvalue weighted by Gasteiger charge is -2.29. The summed E-state index contributed by atoms with van der Waals surface area (Å²) in [5.74, 6) is 6.01. The van der Waals surface area contributed by atoms with E-state index in [1.807, 2.05) is 21.3 Å². The van der Waals surface area contributed by atoms with Crippen molar-refractivity contribution in [2.45, 2.75) is 228 Å². The summed E-state index contributed by atoms with van der Waals surface area (Å²) < 4.78 is 62.7. The van der Waals surface area contributed by atoms with Crippen LogP contribution in [-0.2, 0) is 92.3 Å². The Labute approximate surface area is 584 Å². The van der Waals surface area contributed by atoms with Gasteiger partial charge in [0.05, 0.1) is 47.8 Å². The second-order valence-electron chi connectivity index (χ2n) is 35.1. The first-order valence-electron chi connectivity index (χ1n) is 35.7. The van der Waals surface area contributed by atoms with E-state index in [9.17, 15) is 0 Å². The number of rotatable bonds is 3. The summed E-state index contributed by atoms with van der Waals surface area (Å²) in [4.78, 5) is 0. The molecule has 0 atom stereocenters. The summed E-state index contributed by atoms with van der Waals surface area (Å²) in [5, 5.41) is 0. The molecule has 0 spiro atoms. The molecule has 0 fully saturated rings. The third-order valence-corrected chi connectivity index (χ3v) is 19.9. The Balaban J connectivity index is 1.38. The summed E-state index contributed by atoms with van der Waals surface area (Å²) in [6.07, 6.45) is 3.90. The van der Waals surface area contributed by atoms with Crippen molar-refractivity contribution in [3.8, 4) is 40.2 Å². The van der Waals surface area contributed by atoms with Crippen LogP contribution in [0.25, 0.3) is 0 Å². The Hall–Kier alpha value is -6.94. The summed E-state index contributed by atoms with van der Waals surface area (Å²) in [5.41, 5.74) is 22.4. The number of ether oxygens (including phenoxy) is 9. The van der Waals surface area contributed by atoms with Gasteiger partial charge in [0.25, 0.3) is 0 Å². The molecule has 10 rings (SSSR count). The average molecular weight is 1320 g/mol. The standard InChI is InChI=1S/C88H116O9/c1-82(2,3)68-40-54-33-56-42-69(83(4,5)6)44-58(76(56)90-23)35-60-46-71(85(10,11)12)48-62-37-64-50-73(87(16,17)18)52-66-39-67-53-74(88(19,20)21)51-65(81(67)97-32-28-93-27-31-96-80(64)66)38-63-49-72(86(13,14)15)47-61(79(63)95-30-26-92-25-29-94-78(60)62)36-59-45-70(84(7,8)9)43-57(77(59)91-24)34-55(41-68)75(54)89-22/h40-53H,25-39H2,1-24H3. The number of hydrogen-bond acceptors (Lipinski definition) is 9. The molecule has 3 aliphatic rings. The highest BCUT2D eigenvalue weighted by Gasteiger charge is 2.33. The maximum atomic E-state index is 7.38. The molecule has 7 aromatic carbocycles. The van der Waals surface area contributed by atoms with Gasteiger partial charge < -0.3 is 42.6 Å². The van der Waals surface area contributed by atoms with Crippen LogP contribution < -0.4 is 33.2 Å². The first-order valence-corrected chi connectivity index (χ1v) is 35.7. The zero-order chi connectivity index (χ0) is 70.5. The Morgan fingerprint density at radius 2 is 0.340 bits per heavy atom. The van der Waals surface area contributed by atoms with Crippen LogP contribution in [0.15, 0.2) is 84.9 Å². The maximum Gasteiger partial charge on any atom is 0.126 e. The molecule has 0 aromatic heterocycles. The molecule has 0 amide bonds. The maximum absolute atomic E-state index is 7.38. The molecule has 0 aliphatic carbocycles. The minimum atomic E-state index is -0.229. The van der Waals surface area contributed by atoms with Crippen molar-refractivity contribution < 1.29 is 42.6 Å². The van der Waals surface area contributed by atoms with Gasteiger partial charge in [0, 0.05) is 44.9 Å². The molecule has 7 aromatic rings. The van der Waals surface area contributed by atoms with Crippen LogP contribution in [0, 0.1) is 0 Å². The molecule has 9 heteroatoms. The van der Waals surface area contributed by atoms with Crippen molar-refractivity contribution in [2.75, 3.05) is 74.2 Å². The molecule has 0 saturated carbocycles.